The lowest BCUT2D eigenvalue weighted by molar-refractivity contribution is -0.128. The summed E-state index contributed by atoms with van der Waals surface area (Å²) in [6, 6.07) is 20.6. The molecule has 0 aromatic heterocycles. The van der Waals surface area contributed by atoms with Crippen molar-refractivity contribution >= 4 is 35.2 Å². The third-order valence-electron chi connectivity index (χ3n) is 5.41. The molecule has 0 aliphatic carbocycles. The van der Waals surface area contributed by atoms with Crippen molar-refractivity contribution in [2.24, 2.45) is 0 Å². The molecule has 7 heteroatoms. The van der Waals surface area contributed by atoms with E-state index in [1.54, 1.807) is 36.0 Å². The number of nitrogens with one attached hydrogen (secondary N) is 1. The molecule has 0 saturated carbocycles. The van der Waals surface area contributed by atoms with E-state index in [9.17, 15) is 14.0 Å². The number of thioether (sulfide) groups is 1. The number of carbonyl (C=O) groups is 2. The monoisotopic (exact) mass is 468 g/mol. The van der Waals surface area contributed by atoms with Crippen LogP contribution in [0.25, 0.3) is 0 Å². The Labute approximate surface area is 195 Å². The van der Waals surface area contributed by atoms with Crippen LogP contribution in [0.5, 0.6) is 0 Å². The third-order valence-corrected chi connectivity index (χ3v) is 6.92. The van der Waals surface area contributed by atoms with Gasteiger partial charge >= 0.3 is 0 Å². The molecular formula is C25H22ClFN2O2S. The van der Waals surface area contributed by atoms with Crippen LogP contribution in [-0.4, -0.2) is 22.5 Å². The van der Waals surface area contributed by atoms with Crippen LogP contribution in [0.2, 0.25) is 5.02 Å². The number of amides is 2. The second-order valence-electron chi connectivity index (χ2n) is 7.68. The number of hydrogen-bond donors (Lipinski definition) is 1. The molecule has 3 aromatic carbocycles. The van der Waals surface area contributed by atoms with E-state index in [-0.39, 0.29) is 29.0 Å². The van der Waals surface area contributed by atoms with Crippen LogP contribution in [0.3, 0.4) is 0 Å². The van der Waals surface area contributed by atoms with Crippen molar-refractivity contribution in [3.8, 4) is 0 Å². The molecule has 1 N–H and O–H groups in total. The van der Waals surface area contributed by atoms with Crippen LogP contribution < -0.4 is 5.32 Å². The Bertz CT molecular complexity index is 1100. The van der Waals surface area contributed by atoms with Crippen LogP contribution in [0, 0.1) is 5.82 Å². The van der Waals surface area contributed by atoms with E-state index in [0.717, 1.165) is 16.7 Å². The first kappa shape index (κ1) is 22.4. The van der Waals surface area contributed by atoms with E-state index in [1.807, 2.05) is 48.2 Å². The summed E-state index contributed by atoms with van der Waals surface area (Å²) in [5, 5.41) is 3.49. The van der Waals surface area contributed by atoms with Gasteiger partial charge in [-0.2, -0.15) is 0 Å². The van der Waals surface area contributed by atoms with Crippen LogP contribution in [-0.2, 0) is 11.3 Å². The van der Waals surface area contributed by atoms with E-state index >= 15 is 0 Å². The van der Waals surface area contributed by atoms with Gasteiger partial charge in [0.1, 0.15) is 11.2 Å². The van der Waals surface area contributed by atoms with Crippen molar-refractivity contribution in [3.63, 3.8) is 0 Å². The van der Waals surface area contributed by atoms with Gasteiger partial charge in [-0.05, 0) is 60.0 Å². The minimum atomic E-state index is -0.309. The minimum Gasteiger partial charge on any atom is -0.346 e. The van der Waals surface area contributed by atoms with Gasteiger partial charge in [-0.1, -0.05) is 48.0 Å². The van der Waals surface area contributed by atoms with E-state index in [1.165, 1.54) is 12.1 Å². The predicted octanol–water partition coefficient (Wildman–Crippen LogP) is 5.74. The zero-order chi connectivity index (χ0) is 22.7. The summed E-state index contributed by atoms with van der Waals surface area (Å²) in [7, 11) is 0. The highest BCUT2D eigenvalue weighted by Crippen LogP contribution is 2.39. The Hall–Kier alpha value is -2.83. The standard InChI is InChI=1S/C25H22ClFN2O2S/c1-16(18-8-12-22(27)13-9-18)28-24(31)19-4-6-20(7-5-19)25-29(23(30)15-32-25)14-17-2-10-21(26)11-3-17/h2-13,16,25H,14-15H2,1H3,(H,28,31)/t16-,25+/m0/s1. The second-order valence-corrected chi connectivity index (χ2v) is 9.19. The molecule has 1 aliphatic rings. The van der Waals surface area contributed by atoms with Crippen LogP contribution in [0.1, 0.15) is 45.4 Å². The molecule has 32 heavy (non-hydrogen) atoms. The van der Waals surface area contributed by atoms with E-state index in [4.69, 9.17) is 11.6 Å². The normalized spacial score (nSPS) is 16.8. The van der Waals surface area contributed by atoms with E-state index in [2.05, 4.69) is 5.32 Å². The largest absolute Gasteiger partial charge is 0.346 e. The highest BCUT2D eigenvalue weighted by molar-refractivity contribution is 8.00. The lowest BCUT2D eigenvalue weighted by Gasteiger charge is -2.24. The molecule has 1 aliphatic heterocycles. The average Bonchev–Trinajstić information content (AvgIpc) is 3.16. The number of benzene rings is 3. The van der Waals surface area contributed by atoms with Crippen molar-refractivity contribution in [2.45, 2.75) is 24.9 Å². The van der Waals surface area contributed by atoms with Crippen molar-refractivity contribution in [1.82, 2.24) is 10.2 Å². The molecule has 1 fully saturated rings. The zero-order valence-electron chi connectivity index (χ0n) is 17.4. The summed E-state index contributed by atoms with van der Waals surface area (Å²) in [5.41, 5.74) is 3.34. The topological polar surface area (TPSA) is 49.4 Å². The quantitative estimate of drug-likeness (QED) is 0.501. The number of nitrogens with zero attached hydrogens (tertiary/aromatic N) is 1. The molecule has 1 saturated heterocycles. The zero-order valence-corrected chi connectivity index (χ0v) is 19.0. The number of halogens is 2. The number of carbonyl (C=O) groups excluding carboxylic acids is 2. The fourth-order valence-electron chi connectivity index (χ4n) is 3.60. The van der Waals surface area contributed by atoms with E-state index < -0.39 is 0 Å². The average molecular weight is 469 g/mol. The first-order valence-electron chi connectivity index (χ1n) is 10.2. The fourth-order valence-corrected chi connectivity index (χ4v) is 4.92. The molecular weight excluding hydrogens is 447 g/mol. The molecule has 0 spiro atoms. The van der Waals surface area contributed by atoms with Gasteiger partial charge in [-0.15, -0.1) is 11.8 Å². The highest BCUT2D eigenvalue weighted by Gasteiger charge is 2.32. The molecule has 2 amide bonds. The summed E-state index contributed by atoms with van der Waals surface area (Å²) in [6.07, 6.45) is 0. The molecule has 164 valence electrons. The second kappa shape index (κ2) is 9.76. The maximum atomic E-state index is 13.1. The lowest BCUT2D eigenvalue weighted by Crippen LogP contribution is -2.28. The van der Waals surface area contributed by atoms with Crippen LogP contribution in [0.4, 0.5) is 4.39 Å². The van der Waals surface area contributed by atoms with Crippen molar-refractivity contribution < 1.29 is 14.0 Å². The molecule has 0 bridgehead atoms. The van der Waals surface area contributed by atoms with Crippen LogP contribution >= 0.6 is 23.4 Å². The van der Waals surface area contributed by atoms with Gasteiger partial charge in [-0.25, -0.2) is 4.39 Å². The highest BCUT2D eigenvalue weighted by atomic mass is 35.5. The van der Waals surface area contributed by atoms with Gasteiger partial charge < -0.3 is 10.2 Å². The Kier molecular flexibility index (Phi) is 6.82. The molecule has 3 aromatic rings. The van der Waals surface area contributed by atoms with Crippen molar-refractivity contribution in [1.29, 1.82) is 0 Å². The Morgan fingerprint density at radius 3 is 2.41 bits per heavy atom. The van der Waals surface area contributed by atoms with Gasteiger partial charge in [0.2, 0.25) is 5.91 Å². The Balaban J connectivity index is 1.43. The summed E-state index contributed by atoms with van der Waals surface area (Å²) in [4.78, 5) is 27.0. The lowest BCUT2D eigenvalue weighted by atomic mass is 10.1. The minimum absolute atomic E-state index is 0.0879. The van der Waals surface area contributed by atoms with Crippen molar-refractivity contribution in [3.05, 3.63) is 106 Å². The summed E-state index contributed by atoms with van der Waals surface area (Å²) < 4.78 is 13.1. The third kappa shape index (κ3) is 5.14. The van der Waals surface area contributed by atoms with Gasteiger partial charge in [0.05, 0.1) is 11.8 Å². The predicted molar refractivity (Wildman–Crippen MR) is 126 cm³/mol. The van der Waals surface area contributed by atoms with E-state index in [0.29, 0.717) is 22.9 Å². The summed E-state index contributed by atoms with van der Waals surface area (Å²) in [6.45, 7) is 2.36. The summed E-state index contributed by atoms with van der Waals surface area (Å²) in [5.74, 6) is -0.00181. The Morgan fingerprint density at radius 1 is 1.09 bits per heavy atom. The SMILES string of the molecule is C[C@H](NC(=O)c1ccc([C@H]2SCC(=O)N2Cc2ccc(Cl)cc2)cc1)c1ccc(F)cc1. The fraction of sp³-hybridized carbons (Fsp3) is 0.200. The molecule has 0 unspecified atom stereocenters. The smallest absolute Gasteiger partial charge is 0.251 e. The first-order valence-corrected chi connectivity index (χ1v) is 11.6. The van der Waals surface area contributed by atoms with Gasteiger partial charge in [0, 0.05) is 17.1 Å². The van der Waals surface area contributed by atoms with Gasteiger partial charge in [0.15, 0.2) is 0 Å². The number of rotatable bonds is 6. The van der Waals surface area contributed by atoms with Crippen molar-refractivity contribution in [2.75, 3.05) is 5.75 Å². The number of hydrogen-bond acceptors (Lipinski definition) is 3. The molecule has 1 heterocycles. The molecule has 4 nitrogen and oxygen atoms in total. The molecule has 4 rings (SSSR count). The first-order chi connectivity index (χ1) is 15.4. The maximum Gasteiger partial charge on any atom is 0.251 e. The Morgan fingerprint density at radius 2 is 1.75 bits per heavy atom. The van der Waals surface area contributed by atoms with Gasteiger partial charge in [-0.3, -0.25) is 9.59 Å². The van der Waals surface area contributed by atoms with Crippen LogP contribution in [0.15, 0.2) is 72.8 Å². The van der Waals surface area contributed by atoms with Gasteiger partial charge in [0.25, 0.3) is 5.91 Å². The molecule has 2 atom stereocenters. The maximum absolute atomic E-state index is 13.1. The molecule has 0 radical (unpaired) electrons. The summed E-state index contributed by atoms with van der Waals surface area (Å²) >= 11 is 7.54.